The number of carbonyl (C=O) groups is 2. The predicted molar refractivity (Wildman–Crippen MR) is 102 cm³/mol. The highest BCUT2D eigenvalue weighted by atomic mass is 16.2. The highest BCUT2D eigenvalue weighted by Crippen LogP contribution is 2.41. The number of nitrogens with zero attached hydrogens (tertiary/aromatic N) is 1. The molecule has 2 saturated heterocycles. The van der Waals surface area contributed by atoms with Crippen molar-refractivity contribution in [3.63, 3.8) is 0 Å². The molecule has 2 aliphatic rings. The summed E-state index contributed by atoms with van der Waals surface area (Å²) in [4.78, 5) is 26.7. The molecular formula is C21H38N2O2. The SMILES string of the molecule is CCC(=O)NC(C)CC1CC2CCC(C1)N2C(=O)C[C@@H](CC)C(C)C. The Hall–Kier alpha value is -1.06. The quantitative estimate of drug-likeness (QED) is 0.715. The maximum atomic E-state index is 12.9. The molecule has 2 aliphatic heterocycles. The van der Waals surface area contributed by atoms with Gasteiger partial charge in [0, 0.05) is 31.0 Å². The lowest BCUT2D eigenvalue weighted by Crippen LogP contribution is -2.48. The van der Waals surface area contributed by atoms with E-state index in [1.54, 1.807) is 0 Å². The second-order valence-electron chi connectivity index (χ2n) is 8.70. The average molecular weight is 351 g/mol. The first-order valence-corrected chi connectivity index (χ1v) is 10.5. The molecule has 0 spiro atoms. The van der Waals surface area contributed by atoms with E-state index in [4.69, 9.17) is 0 Å². The Morgan fingerprint density at radius 1 is 1.08 bits per heavy atom. The third-order valence-corrected chi connectivity index (χ3v) is 6.44. The Labute approximate surface area is 154 Å². The van der Waals surface area contributed by atoms with Crippen molar-refractivity contribution < 1.29 is 9.59 Å². The summed E-state index contributed by atoms with van der Waals surface area (Å²) in [7, 11) is 0. The van der Waals surface area contributed by atoms with Crippen LogP contribution in [0.25, 0.3) is 0 Å². The third-order valence-electron chi connectivity index (χ3n) is 6.44. The van der Waals surface area contributed by atoms with Gasteiger partial charge in [-0.2, -0.15) is 0 Å². The molecule has 0 aromatic heterocycles. The molecule has 0 aliphatic carbocycles. The molecule has 2 amide bonds. The van der Waals surface area contributed by atoms with Gasteiger partial charge in [0.15, 0.2) is 0 Å². The fourth-order valence-corrected chi connectivity index (χ4v) is 5.01. The number of hydrogen-bond donors (Lipinski definition) is 1. The van der Waals surface area contributed by atoms with E-state index in [9.17, 15) is 9.59 Å². The lowest BCUT2D eigenvalue weighted by Gasteiger charge is -2.40. The third kappa shape index (κ3) is 5.21. The molecule has 2 fully saturated rings. The number of rotatable bonds is 8. The molecular weight excluding hydrogens is 312 g/mol. The normalized spacial score (nSPS) is 28.1. The lowest BCUT2D eigenvalue weighted by molar-refractivity contribution is -0.137. The second kappa shape index (κ2) is 9.05. The zero-order chi connectivity index (χ0) is 18.6. The van der Waals surface area contributed by atoms with Crippen molar-refractivity contribution >= 4 is 11.8 Å². The molecule has 0 saturated carbocycles. The molecule has 4 atom stereocenters. The first-order valence-electron chi connectivity index (χ1n) is 10.5. The van der Waals surface area contributed by atoms with Gasteiger partial charge in [0.25, 0.3) is 0 Å². The fraction of sp³-hybridized carbons (Fsp3) is 0.905. The highest BCUT2D eigenvalue weighted by Gasteiger charge is 2.43. The van der Waals surface area contributed by atoms with Crippen molar-refractivity contribution in [2.45, 2.75) is 104 Å². The van der Waals surface area contributed by atoms with Crippen LogP contribution in [-0.2, 0) is 9.59 Å². The monoisotopic (exact) mass is 350 g/mol. The van der Waals surface area contributed by atoms with Crippen LogP contribution in [0.15, 0.2) is 0 Å². The Balaban J connectivity index is 1.89. The number of amides is 2. The van der Waals surface area contributed by atoms with Crippen LogP contribution in [-0.4, -0.2) is 34.8 Å². The van der Waals surface area contributed by atoms with Gasteiger partial charge in [0.1, 0.15) is 0 Å². The van der Waals surface area contributed by atoms with Gasteiger partial charge in [-0.25, -0.2) is 0 Å². The van der Waals surface area contributed by atoms with E-state index >= 15 is 0 Å². The van der Waals surface area contributed by atoms with E-state index in [-0.39, 0.29) is 11.9 Å². The van der Waals surface area contributed by atoms with Crippen LogP contribution in [0.3, 0.4) is 0 Å². The number of hydrogen-bond acceptors (Lipinski definition) is 2. The number of carbonyl (C=O) groups excluding carboxylic acids is 2. The van der Waals surface area contributed by atoms with Gasteiger partial charge in [-0.15, -0.1) is 0 Å². The topological polar surface area (TPSA) is 49.4 Å². The molecule has 25 heavy (non-hydrogen) atoms. The van der Waals surface area contributed by atoms with Crippen molar-refractivity contribution in [1.82, 2.24) is 10.2 Å². The minimum Gasteiger partial charge on any atom is -0.354 e. The van der Waals surface area contributed by atoms with Gasteiger partial charge in [0.05, 0.1) is 0 Å². The van der Waals surface area contributed by atoms with Gasteiger partial charge in [-0.05, 0) is 56.8 Å². The summed E-state index contributed by atoms with van der Waals surface area (Å²) in [5.74, 6) is 2.25. The van der Waals surface area contributed by atoms with E-state index < -0.39 is 0 Å². The highest BCUT2D eigenvalue weighted by molar-refractivity contribution is 5.77. The average Bonchev–Trinajstić information content (AvgIpc) is 2.83. The van der Waals surface area contributed by atoms with Crippen LogP contribution in [0.5, 0.6) is 0 Å². The number of piperidine rings is 1. The summed E-state index contributed by atoms with van der Waals surface area (Å²) in [6.45, 7) is 10.7. The molecule has 2 rings (SSSR count). The van der Waals surface area contributed by atoms with Gasteiger partial charge < -0.3 is 10.2 Å². The Kier molecular flexibility index (Phi) is 7.33. The Morgan fingerprint density at radius 3 is 2.16 bits per heavy atom. The molecule has 4 heteroatoms. The molecule has 144 valence electrons. The summed E-state index contributed by atoms with van der Waals surface area (Å²) >= 11 is 0. The maximum absolute atomic E-state index is 12.9. The van der Waals surface area contributed by atoms with E-state index in [2.05, 4.69) is 37.9 Å². The van der Waals surface area contributed by atoms with Crippen LogP contribution in [0, 0.1) is 17.8 Å². The van der Waals surface area contributed by atoms with E-state index in [1.807, 2.05) is 6.92 Å². The van der Waals surface area contributed by atoms with Gasteiger partial charge in [-0.3, -0.25) is 9.59 Å². The molecule has 0 radical (unpaired) electrons. The summed E-state index contributed by atoms with van der Waals surface area (Å²) in [6.07, 6.45) is 7.97. The summed E-state index contributed by atoms with van der Waals surface area (Å²) in [6, 6.07) is 1.12. The van der Waals surface area contributed by atoms with Gasteiger partial charge in [0.2, 0.25) is 11.8 Å². The molecule has 4 nitrogen and oxygen atoms in total. The van der Waals surface area contributed by atoms with Gasteiger partial charge >= 0.3 is 0 Å². The summed E-state index contributed by atoms with van der Waals surface area (Å²) in [5, 5.41) is 3.09. The predicted octanol–water partition coefficient (Wildman–Crippen LogP) is 4.13. The van der Waals surface area contributed by atoms with Crippen LogP contribution in [0.4, 0.5) is 0 Å². The zero-order valence-electron chi connectivity index (χ0n) is 16.9. The van der Waals surface area contributed by atoms with Crippen molar-refractivity contribution in [2.24, 2.45) is 17.8 Å². The fourth-order valence-electron chi connectivity index (χ4n) is 5.01. The van der Waals surface area contributed by atoms with Gasteiger partial charge in [-0.1, -0.05) is 34.1 Å². The first kappa shape index (κ1) is 20.3. The van der Waals surface area contributed by atoms with Crippen molar-refractivity contribution in [3.05, 3.63) is 0 Å². The first-order chi connectivity index (χ1) is 11.8. The molecule has 0 aromatic rings. The minimum atomic E-state index is 0.141. The number of nitrogens with one attached hydrogen (secondary N) is 1. The lowest BCUT2D eigenvalue weighted by atomic mass is 9.84. The summed E-state index contributed by atoms with van der Waals surface area (Å²) in [5.41, 5.74) is 0. The molecule has 1 N–H and O–H groups in total. The molecule has 2 heterocycles. The van der Waals surface area contributed by atoms with Crippen molar-refractivity contribution in [3.8, 4) is 0 Å². The van der Waals surface area contributed by atoms with Crippen LogP contribution in [0.1, 0.15) is 86.0 Å². The van der Waals surface area contributed by atoms with Crippen LogP contribution < -0.4 is 5.32 Å². The minimum absolute atomic E-state index is 0.141. The Morgan fingerprint density at radius 2 is 1.68 bits per heavy atom. The molecule has 2 bridgehead atoms. The Bertz CT molecular complexity index is 449. The van der Waals surface area contributed by atoms with Crippen LogP contribution in [0.2, 0.25) is 0 Å². The largest absolute Gasteiger partial charge is 0.354 e. The maximum Gasteiger partial charge on any atom is 0.223 e. The van der Waals surface area contributed by atoms with Crippen molar-refractivity contribution in [2.75, 3.05) is 0 Å². The van der Waals surface area contributed by atoms with E-state index in [0.29, 0.717) is 42.2 Å². The van der Waals surface area contributed by atoms with Crippen molar-refractivity contribution in [1.29, 1.82) is 0 Å². The molecule has 0 aromatic carbocycles. The van der Waals surface area contributed by atoms with E-state index in [0.717, 1.165) is 32.1 Å². The van der Waals surface area contributed by atoms with Crippen LogP contribution >= 0.6 is 0 Å². The smallest absolute Gasteiger partial charge is 0.223 e. The standard InChI is InChI=1S/C21H38N2O2/c1-6-17(14(3)4)13-21(25)23-18-8-9-19(23)12-16(11-18)10-15(5)22-20(24)7-2/h14-19H,6-13H2,1-5H3,(H,22,24)/t15?,16?,17-,18?,19?/m1/s1. The van der Waals surface area contributed by atoms with E-state index in [1.165, 1.54) is 12.8 Å². The summed E-state index contributed by atoms with van der Waals surface area (Å²) < 4.78 is 0. The number of fused-ring (bicyclic) bond motifs is 2. The second-order valence-corrected chi connectivity index (χ2v) is 8.70. The zero-order valence-corrected chi connectivity index (χ0v) is 16.9. The molecule has 3 unspecified atom stereocenters.